The minimum Gasteiger partial charge on any atom is -0.389 e. The molecular weight excluding hydrogens is 424 g/mol. The number of aryl methyl sites for hydroxylation is 3. The highest BCUT2D eigenvalue weighted by Gasteiger charge is 2.24. The molecule has 0 unspecified atom stereocenters. The summed E-state index contributed by atoms with van der Waals surface area (Å²) < 4.78 is 5.09. The molecule has 34 heavy (non-hydrogen) atoms. The predicted octanol–water partition coefficient (Wildman–Crippen LogP) is 3.79. The number of nitrogens with zero attached hydrogens (tertiary/aromatic N) is 4. The SMILES string of the molecule is COC[C@H](O)CN1CCN(c2nc(-c3ccccc3)nc(C)c2Cc2cc(C)ccc2C)CC1. The van der Waals surface area contributed by atoms with Crippen molar-refractivity contribution < 1.29 is 9.84 Å². The molecule has 0 aliphatic carbocycles. The number of aliphatic hydroxyl groups is 1. The molecule has 1 N–H and O–H groups in total. The van der Waals surface area contributed by atoms with E-state index < -0.39 is 6.10 Å². The second-order valence-corrected chi connectivity index (χ2v) is 9.30. The van der Waals surface area contributed by atoms with Gasteiger partial charge >= 0.3 is 0 Å². The standard InChI is InChI=1S/C28H36N4O2/c1-20-10-11-21(2)24(16-20)17-26-22(3)29-27(23-8-6-5-7-9-23)30-28(26)32-14-12-31(13-15-32)18-25(33)19-34-4/h5-11,16,25,33H,12-15,17-19H2,1-4H3/t25-/m1/s1. The summed E-state index contributed by atoms with van der Waals surface area (Å²) in [4.78, 5) is 14.7. The fourth-order valence-corrected chi connectivity index (χ4v) is 4.63. The molecule has 1 aliphatic rings. The number of anilines is 1. The van der Waals surface area contributed by atoms with Gasteiger partial charge in [-0.15, -0.1) is 0 Å². The number of ether oxygens (including phenoxy) is 1. The van der Waals surface area contributed by atoms with E-state index in [-0.39, 0.29) is 0 Å². The largest absolute Gasteiger partial charge is 0.389 e. The molecule has 4 rings (SSSR count). The summed E-state index contributed by atoms with van der Waals surface area (Å²) in [5.74, 6) is 1.81. The lowest BCUT2D eigenvalue weighted by Gasteiger charge is -2.37. The Labute approximate surface area is 203 Å². The van der Waals surface area contributed by atoms with E-state index >= 15 is 0 Å². The van der Waals surface area contributed by atoms with Crippen molar-refractivity contribution in [2.45, 2.75) is 33.3 Å². The third-order valence-electron chi connectivity index (χ3n) is 6.60. The van der Waals surface area contributed by atoms with Crippen molar-refractivity contribution in [2.24, 2.45) is 0 Å². The monoisotopic (exact) mass is 460 g/mol. The second kappa shape index (κ2) is 11.1. The third kappa shape index (κ3) is 5.81. The Bertz CT molecular complexity index is 1100. The molecule has 0 saturated carbocycles. The van der Waals surface area contributed by atoms with E-state index in [9.17, 15) is 5.11 Å². The first kappa shape index (κ1) is 24.3. The molecule has 0 radical (unpaired) electrons. The van der Waals surface area contributed by atoms with Crippen molar-refractivity contribution in [3.8, 4) is 11.4 Å². The fourth-order valence-electron chi connectivity index (χ4n) is 4.63. The Morgan fingerprint density at radius 2 is 1.71 bits per heavy atom. The Morgan fingerprint density at radius 3 is 2.41 bits per heavy atom. The van der Waals surface area contributed by atoms with E-state index in [1.165, 1.54) is 22.3 Å². The van der Waals surface area contributed by atoms with Gasteiger partial charge < -0.3 is 14.7 Å². The highest BCUT2D eigenvalue weighted by atomic mass is 16.5. The summed E-state index contributed by atoms with van der Waals surface area (Å²) in [5, 5.41) is 10.1. The lowest BCUT2D eigenvalue weighted by Crippen LogP contribution is -2.49. The van der Waals surface area contributed by atoms with E-state index in [1.54, 1.807) is 7.11 Å². The molecule has 6 nitrogen and oxygen atoms in total. The van der Waals surface area contributed by atoms with E-state index in [1.807, 2.05) is 18.2 Å². The van der Waals surface area contributed by atoms with Crippen molar-refractivity contribution in [2.75, 3.05) is 51.3 Å². The molecule has 1 aromatic heterocycles. The van der Waals surface area contributed by atoms with Crippen LogP contribution >= 0.6 is 0 Å². The van der Waals surface area contributed by atoms with Crippen LogP contribution in [0.5, 0.6) is 0 Å². The van der Waals surface area contributed by atoms with Crippen LogP contribution in [0.3, 0.4) is 0 Å². The van der Waals surface area contributed by atoms with Gasteiger partial charge in [-0.3, -0.25) is 4.90 Å². The van der Waals surface area contributed by atoms with Crippen LogP contribution < -0.4 is 4.90 Å². The number of benzene rings is 2. The van der Waals surface area contributed by atoms with Gasteiger partial charge in [0.25, 0.3) is 0 Å². The quantitative estimate of drug-likeness (QED) is 0.552. The fraction of sp³-hybridized carbons (Fsp3) is 0.429. The number of aromatic nitrogens is 2. The smallest absolute Gasteiger partial charge is 0.161 e. The van der Waals surface area contributed by atoms with E-state index in [4.69, 9.17) is 14.7 Å². The highest BCUT2D eigenvalue weighted by molar-refractivity contribution is 5.61. The van der Waals surface area contributed by atoms with Crippen LogP contribution in [0.25, 0.3) is 11.4 Å². The normalized spacial score (nSPS) is 15.5. The molecule has 0 amide bonds. The predicted molar refractivity (Wildman–Crippen MR) is 137 cm³/mol. The van der Waals surface area contributed by atoms with Crippen LogP contribution in [-0.4, -0.2) is 72.5 Å². The maximum absolute atomic E-state index is 10.1. The van der Waals surface area contributed by atoms with Crippen molar-refractivity contribution >= 4 is 5.82 Å². The first-order valence-corrected chi connectivity index (χ1v) is 12.1. The van der Waals surface area contributed by atoms with Crippen molar-refractivity contribution in [3.05, 3.63) is 76.5 Å². The van der Waals surface area contributed by atoms with Crippen LogP contribution in [0.2, 0.25) is 0 Å². The van der Waals surface area contributed by atoms with Crippen molar-refractivity contribution in [3.63, 3.8) is 0 Å². The average Bonchev–Trinajstić information content (AvgIpc) is 2.83. The summed E-state index contributed by atoms with van der Waals surface area (Å²) in [6, 6.07) is 16.9. The van der Waals surface area contributed by atoms with E-state index in [0.29, 0.717) is 13.2 Å². The zero-order valence-electron chi connectivity index (χ0n) is 20.8. The summed E-state index contributed by atoms with van der Waals surface area (Å²) in [6.45, 7) is 10.9. The molecule has 1 saturated heterocycles. The highest BCUT2D eigenvalue weighted by Crippen LogP contribution is 2.29. The molecule has 3 aromatic rings. The van der Waals surface area contributed by atoms with Gasteiger partial charge in [0.1, 0.15) is 5.82 Å². The van der Waals surface area contributed by atoms with Gasteiger partial charge in [0.05, 0.1) is 12.7 Å². The van der Waals surface area contributed by atoms with Gasteiger partial charge in [-0.25, -0.2) is 9.97 Å². The molecule has 180 valence electrons. The number of methoxy groups -OCH3 is 1. The zero-order chi connectivity index (χ0) is 24.1. The van der Waals surface area contributed by atoms with Crippen LogP contribution in [0.15, 0.2) is 48.5 Å². The number of hydrogen-bond acceptors (Lipinski definition) is 6. The van der Waals surface area contributed by atoms with Crippen LogP contribution in [0.4, 0.5) is 5.82 Å². The Balaban J connectivity index is 1.65. The first-order chi connectivity index (χ1) is 16.4. The third-order valence-corrected chi connectivity index (χ3v) is 6.60. The summed E-state index contributed by atoms with van der Waals surface area (Å²) in [7, 11) is 1.63. The number of rotatable bonds is 8. The van der Waals surface area contributed by atoms with Gasteiger partial charge in [-0.1, -0.05) is 54.1 Å². The van der Waals surface area contributed by atoms with Crippen molar-refractivity contribution in [1.29, 1.82) is 0 Å². The molecule has 1 aliphatic heterocycles. The Kier molecular flexibility index (Phi) is 7.93. The molecule has 6 heteroatoms. The summed E-state index contributed by atoms with van der Waals surface area (Å²) >= 11 is 0. The summed E-state index contributed by atoms with van der Waals surface area (Å²) in [5.41, 5.74) is 7.14. The first-order valence-electron chi connectivity index (χ1n) is 12.1. The number of piperazine rings is 1. The van der Waals surface area contributed by atoms with Gasteiger partial charge in [-0.05, 0) is 31.9 Å². The minimum atomic E-state index is -0.456. The average molecular weight is 461 g/mol. The van der Waals surface area contributed by atoms with Crippen LogP contribution in [0.1, 0.15) is 27.9 Å². The van der Waals surface area contributed by atoms with Crippen molar-refractivity contribution in [1.82, 2.24) is 14.9 Å². The molecule has 0 spiro atoms. The van der Waals surface area contributed by atoms with Gasteiger partial charge in [0.15, 0.2) is 5.82 Å². The maximum Gasteiger partial charge on any atom is 0.161 e. The molecule has 1 fully saturated rings. The van der Waals surface area contributed by atoms with Crippen LogP contribution in [0, 0.1) is 20.8 Å². The molecule has 1 atom stereocenters. The van der Waals surface area contributed by atoms with E-state index in [2.05, 4.69) is 60.9 Å². The number of hydrogen-bond donors (Lipinski definition) is 1. The summed E-state index contributed by atoms with van der Waals surface area (Å²) in [6.07, 6.45) is 0.360. The van der Waals surface area contributed by atoms with Gasteiger partial charge in [-0.2, -0.15) is 0 Å². The van der Waals surface area contributed by atoms with E-state index in [0.717, 1.165) is 55.5 Å². The molecule has 2 heterocycles. The zero-order valence-corrected chi connectivity index (χ0v) is 20.8. The second-order valence-electron chi connectivity index (χ2n) is 9.30. The topological polar surface area (TPSA) is 61.7 Å². The lowest BCUT2D eigenvalue weighted by atomic mass is 9.97. The molecular formula is C28H36N4O2. The van der Waals surface area contributed by atoms with Crippen LogP contribution in [-0.2, 0) is 11.2 Å². The number of aliphatic hydroxyl groups excluding tert-OH is 1. The minimum absolute atomic E-state index is 0.367. The maximum atomic E-state index is 10.1. The molecule has 2 aromatic carbocycles. The Hall–Kier alpha value is -2.80. The molecule has 0 bridgehead atoms. The Morgan fingerprint density at radius 1 is 0.971 bits per heavy atom. The van der Waals surface area contributed by atoms with Gasteiger partial charge in [0.2, 0.25) is 0 Å². The van der Waals surface area contributed by atoms with Gasteiger partial charge in [0, 0.05) is 63.1 Å². The number of β-amino-alcohol motifs (C(OH)–C–C–N with tert-alkyl or cyclic N) is 1. The lowest BCUT2D eigenvalue weighted by molar-refractivity contribution is 0.0365.